The van der Waals surface area contributed by atoms with Gasteiger partial charge in [0.2, 0.25) is 0 Å². The summed E-state index contributed by atoms with van der Waals surface area (Å²) in [6, 6.07) is 0.520. The summed E-state index contributed by atoms with van der Waals surface area (Å²) in [4.78, 5) is 0. The van der Waals surface area contributed by atoms with Crippen LogP contribution in [0.2, 0.25) is 0 Å². The highest BCUT2D eigenvalue weighted by Crippen LogP contribution is 2.09. The molecule has 0 aromatic carbocycles. The molecule has 0 amide bonds. The lowest BCUT2D eigenvalue weighted by atomic mass is 10.0. The highest BCUT2D eigenvalue weighted by molar-refractivity contribution is 5.19. The number of rotatable bonds is 4. The molecule has 0 rings (SSSR count). The first-order valence-corrected chi connectivity index (χ1v) is 4.66. The van der Waals surface area contributed by atoms with Gasteiger partial charge in [-0.25, -0.2) is 0 Å². The molecule has 0 atom stereocenters. The molecule has 0 aliphatic heterocycles. The lowest BCUT2D eigenvalue weighted by Crippen LogP contribution is -2.15. The van der Waals surface area contributed by atoms with Crippen LogP contribution in [-0.2, 0) is 0 Å². The van der Waals surface area contributed by atoms with Gasteiger partial charge in [0.15, 0.2) is 0 Å². The van der Waals surface area contributed by atoms with Gasteiger partial charge in [0.1, 0.15) is 0 Å². The van der Waals surface area contributed by atoms with Gasteiger partial charge in [-0.3, -0.25) is 0 Å². The molecule has 0 saturated heterocycles. The highest BCUT2D eigenvalue weighted by atomic mass is 14.9. The molecule has 0 spiro atoms. The molecular formula is C11H21N. The zero-order valence-electron chi connectivity index (χ0n) is 8.89. The van der Waals surface area contributed by atoms with E-state index in [4.69, 9.17) is 0 Å². The quantitative estimate of drug-likeness (QED) is 0.634. The Hall–Kier alpha value is -0.720. The van der Waals surface area contributed by atoms with Gasteiger partial charge in [-0.05, 0) is 44.5 Å². The molecule has 0 radical (unpaired) electrons. The first-order chi connectivity index (χ1) is 5.57. The van der Waals surface area contributed by atoms with E-state index in [1.807, 2.05) is 6.20 Å². The topological polar surface area (TPSA) is 12.0 Å². The number of allylic oxidation sites excluding steroid dienone is 3. The fourth-order valence-corrected chi connectivity index (χ4v) is 0.959. The molecule has 1 nitrogen and oxygen atoms in total. The summed E-state index contributed by atoms with van der Waals surface area (Å²) in [5.41, 5.74) is 1.38. The third-order valence-electron chi connectivity index (χ3n) is 1.71. The molecule has 0 saturated carbocycles. The van der Waals surface area contributed by atoms with Crippen molar-refractivity contribution in [2.45, 2.75) is 40.7 Å². The van der Waals surface area contributed by atoms with E-state index in [0.717, 1.165) is 0 Å². The molecular weight excluding hydrogens is 146 g/mol. The second-order valence-corrected chi connectivity index (χ2v) is 3.60. The van der Waals surface area contributed by atoms with Crippen molar-refractivity contribution in [1.82, 2.24) is 5.32 Å². The van der Waals surface area contributed by atoms with Crippen molar-refractivity contribution >= 4 is 0 Å². The first-order valence-electron chi connectivity index (χ1n) is 4.66. The average molecular weight is 167 g/mol. The molecule has 1 N–H and O–H groups in total. The van der Waals surface area contributed by atoms with Crippen molar-refractivity contribution in [2.24, 2.45) is 5.92 Å². The van der Waals surface area contributed by atoms with Gasteiger partial charge in [-0.15, -0.1) is 0 Å². The van der Waals surface area contributed by atoms with E-state index in [0.29, 0.717) is 12.0 Å². The summed E-state index contributed by atoms with van der Waals surface area (Å²) in [6.45, 7) is 10.8. The predicted molar refractivity (Wildman–Crippen MR) is 56.0 cm³/mol. The van der Waals surface area contributed by atoms with Gasteiger partial charge in [0, 0.05) is 6.04 Å². The fourth-order valence-electron chi connectivity index (χ4n) is 0.959. The Balaban J connectivity index is 3.95. The van der Waals surface area contributed by atoms with Crippen molar-refractivity contribution < 1.29 is 0 Å². The van der Waals surface area contributed by atoms with Crippen LogP contribution in [-0.4, -0.2) is 6.04 Å². The number of hydrogen-bond acceptors (Lipinski definition) is 1. The van der Waals surface area contributed by atoms with E-state index in [1.54, 1.807) is 0 Å². The monoisotopic (exact) mass is 167 g/mol. The summed E-state index contributed by atoms with van der Waals surface area (Å²) in [7, 11) is 0. The Bertz CT molecular complexity index is 164. The van der Waals surface area contributed by atoms with Crippen LogP contribution in [0.25, 0.3) is 0 Å². The molecule has 0 aliphatic carbocycles. The zero-order valence-corrected chi connectivity index (χ0v) is 8.89. The second kappa shape index (κ2) is 5.87. The third kappa shape index (κ3) is 5.00. The lowest BCUT2D eigenvalue weighted by molar-refractivity contribution is 0.699. The summed E-state index contributed by atoms with van der Waals surface area (Å²) in [5, 5.41) is 3.24. The van der Waals surface area contributed by atoms with Gasteiger partial charge in [-0.1, -0.05) is 19.9 Å². The van der Waals surface area contributed by atoms with Crippen LogP contribution in [0.5, 0.6) is 0 Å². The molecule has 0 bridgehead atoms. The molecule has 1 heteroatoms. The van der Waals surface area contributed by atoms with Gasteiger partial charge < -0.3 is 5.32 Å². The standard InChI is InChI=1S/C11H21N/c1-6-11(9(2)3)7-8-12-10(4)5/h6-10,12H,1-5H3/b8-7-,11-6+. The summed E-state index contributed by atoms with van der Waals surface area (Å²) in [6.07, 6.45) is 6.33. The minimum atomic E-state index is 0.520. The predicted octanol–water partition coefficient (Wildman–Crippen LogP) is 3.10. The van der Waals surface area contributed by atoms with Crippen molar-refractivity contribution in [2.75, 3.05) is 0 Å². The Labute approximate surface area is 76.6 Å². The van der Waals surface area contributed by atoms with Crippen LogP contribution < -0.4 is 5.32 Å². The maximum atomic E-state index is 3.24. The van der Waals surface area contributed by atoms with Crippen LogP contribution in [0.4, 0.5) is 0 Å². The molecule has 0 fully saturated rings. The van der Waals surface area contributed by atoms with Gasteiger partial charge in [-0.2, -0.15) is 0 Å². The second-order valence-electron chi connectivity index (χ2n) is 3.60. The van der Waals surface area contributed by atoms with E-state index in [9.17, 15) is 0 Å². The SMILES string of the molecule is C/C=C(\C=C/NC(C)C)C(C)C. The van der Waals surface area contributed by atoms with Gasteiger partial charge in [0.05, 0.1) is 0 Å². The van der Waals surface area contributed by atoms with E-state index < -0.39 is 0 Å². The fraction of sp³-hybridized carbons (Fsp3) is 0.636. The van der Waals surface area contributed by atoms with Crippen LogP contribution in [0.1, 0.15) is 34.6 Å². The van der Waals surface area contributed by atoms with Gasteiger partial charge >= 0.3 is 0 Å². The molecule has 0 unspecified atom stereocenters. The van der Waals surface area contributed by atoms with Crippen molar-refractivity contribution in [1.29, 1.82) is 0 Å². The van der Waals surface area contributed by atoms with Gasteiger partial charge in [0.25, 0.3) is 0 Å². The maximum absolute atomic E-state index is 3.24. The van der Waals surface area contributed by atoms with E-state index in [2.05, 4.69) is 52.1 Å². The molecule has 0 aliphatic rings. The van der Waals surface area contributed by atoms with Crippen molar-refractivity contribution in [3.8, 4) is 0 Å². The van der Waals surface area contributed by atoms with E-state index >= 15 is 0 Å². The normalized spacial score (nSPS) is 13.4. The van der Waals surface area contributed by atoms with Crippen LogP contribution >= 0.6 is 0 Å². The average Bonchev–Trinajstić information content (AvgIpc) is 1.96. The Morgan fingerprint density at radius 3 is 2.08 bits per heavy atom. The summed E-state index contributed by atoms with van der Waals surface area (Å²) < 4.78 is 0. The van der Waals surface area contributed by atoms with Crippen LogP contribution in [0, 0.1) is 5.92 Å². The minimum absolute atomic E-state index is 0.520. The molecule has 12 heavy (non-hydrogen) atoms. The molecule has 0 heterocycles. The summed E-state index contributed by atoms with van der Waals surface area (Å²) >= 11 is 0. The zero-order chi connectivity index (χ0) is 9.56. The summed E-state index contributed by atoms with van der Waals surface area (Å²) in [5.74, 6) is 0.611. The Morgan fingerprint density at radius 2 is 1.75 bits per heavy atom. The van der Waals surface area contributed by atoms with E-state index in [-0.39, 0.29) is 0 Å². The molecule has 0 aromatic rings. The lowest BCUT2D eigenvalue weighted by Gasteiger charge is -2.07. The maximum Gasteiger partial charge on any atom is 0.0199 e. The Morgan fingerprint density at radius 1 is 1.17 bits per heavy atom. The van der Waals surface area contributed by atoms with Crippen LogP contribution in [0.3, 0.4) is 0 Å². The Kier molecular flexibility index (Phi) is 5.52. The highest BCUT2D eigenvalue weighted by Gasteiger charge is 1.95. The number of hydrogen-bond donors (Lipinski definition) is 1. The smallest absolute Gasteiger partial charge is 0.0199 e. The third-order valence-corrected chi connectivity index (χ3v) is 1.71. The molecule has 70 valence electrons. The number of nitrogens with one attached hydrogen (secondary N) is 1. The molecule has 0 aromatic heterocycles. The largest absolute Gasteiger partial charge is 0.389 e. The van der Waals surface area contributed by atoms with E-state index in [1.165, 1.54) is 5.57 Å². The minimum Gasteiger partial charge on any atom is -0.389 e. The first kappa shape index (κ1) is 11.3. The van der Waals surface area contributed by atoms with Crippen LogP contribution in [0.15, 0.2) is 23.9 Å². The van der Waals surface area contributed by atoms with Crippen molar-refractivity contribution in [3.63, 3.8) is 0 Å². The van der Waals surface area contributed by atoms with Crippen molar-refractivity contribution in [3.05, 3.63) is 23.9 Å².